The fourth-order valence-electron chi connectivity index (χ4n) is 1.40. The van der Waals surface area contributed by atoms with Crippen LogP contribution in [-0.2, 0) is 16.1 Å². The Morgan fingerprint density at radius 1 is 1.53 bits per heavy atom. The van der Waals surface area contributed by atoms with Crippen LogP contribution in [0.1, 0.15) is 12.5 Å². The topological polar surface area (TPSA) is 67.8 Å². The van der Waals surface area contributed by atoms with Crippen molar-refractivity contribution in [3.05, 3.63) is 29.6 Å². The standard InChI is InChI=1S/C13H18FNO4/c1-9(13(17)15-5-6-18-2)19-12-4-3-10(8-16)7-11(12)14/h3-4,7,9,16H,5-6,8H2,1-2H3,(H,15,17). The second kappa shape index (κ2) is 7.70. The van der Waals surface area contributed by atoms with Crippen LogP contribution in [0, 0.1) is 5.82 Å². The molecule has 1 unspecified atom stereocenters. The highest BCUT2D eigenvalue weighted by atomic mass is 19.1. The number of hydrogen-bond acceptors (Lipinski definition) is 4. The molecule has 2 N–H and O–H groups in total. The highest BCUT2D eigenvalue weighted by molar-refractivity contribution is 5.80. The Hall–Kier alpha value is -1.66. The van der Waals surface area contributed by atoms with E-state index in [1.54, 1.807) is 0 Å². The number of carbonyl (C=O) groups is 1. The van der Waals surface area contributed by atoms with Crippen LogP contribution in [0.4, 0.5) is 4.39 Å². The van der Waals surface area contributed by atoms with E-state index < -0.39 is 11.9 Å². The number of carbonyl (C=O) groups excluding carboxylic acids is 1. The van der Waals surface area contributed by atoms with Crippen LogP contribution >= 0.6 is 0 Å². The zero-order chi connectivity index (χ0) is 14.3. The summed E-state index contributed by atoms with van der Waals surface area (Å²) < 4.78 is 23.6. The van der Waals surface area contributed by atoms with Crippen LogP contribution in [0.2, 0.25) is 0 Å². The summed E-state index contributed by atoms with van der Waals surface area (Å²) in [7, 11) is 1.53. The van der Waals surface area contributed by atoms with Gasteiger partial charge >= 0.3 is 0 Å². The van der Waals surface area contributed by atoms with Gasteiger partial charge in [0.15, 0.2) is 17.7 Å². The van der Waals surface area contributed by atoms with Gasteiger partial charge in [0.25, 0.3) is 5.91 Å². The van der Waals surface area contributed by atoms with Crippen LogP contribution in [0.5, 0.6) is 5.75 Å². The first-order valence-electron chi connectivity index (χ1n) is 5.91. The monoisotopic (exact) mass is 271 g/mol. The van der Waals surface area contributed by atoms with Gasteiger partial charge in [-0.3, -0.25) is 4.79 Å². The number of benzene rings is 1. The van der Waals surface area contributed by atoms with E-state index in [9.17, 15) is 9.18 Å². The molecule has 0 aliphatic carbocycles. The molecule has 0 radical (unpaired) electrons. The van der Waals surface area contributed by atoms with Gasteiger partial charge in [0.05, 0.1) is 13.2 Å². The van der Waals surface area contributed by atoms with Gasteiger partial charge in [0.2, 0.25) is 0 Å². The molecule has 0 bridgehead atoms. The molecule has 0 spiro atoms. The molecule has 5 nitrogen and oxygen atoms in total. The number of rotatable bonds is 7. The Balaban J connectivity index is 2.56. The molecule has 0 heterocycles. The second-order valence-corrected chi connectivity index (χ2v) is 3.97. The fraction of sp³-hybridized carbons (Fsp3) is 0.462. The van der Waals surface area contributed by atoms with Crippen molar-refractivity contribution in [2.45, 2.75) is 19.6 Å². The van der Waals surface area contributed by atoms with E-state index in [2.05, 4.69) is 5.32 Å². The molecule has 0 aliphatic heterocycles. The van der Waals surface area contributed by atoms with Gasteiger partial charge in [-0.25, -0.2) is 4.39 Å². The third kappa shape index (κ3) is 4.84. The third-order valence-corrected chi connectivity index (χ3v) is 2.46. The molecule has 1 rings (SSSR count). The first-order valence-corrected chi connectivity index (χ1v) is 5.91. The molecule has 19 heavy (non-hydrogen) atoms. The molecule has 0 aliphatic rings. The van der Waals surface area contributed by atoms with Crippen molar-refractivity contribution in [2.75, 3.05) is 20.3 Å². The Morgan fingerprint density at radius 3 is 2.84 bits per heavy atom. The summed E-state index contributed by atoms with van der Waals surface area (Å²) >= 11 is 0. The van der Waals surface area contributed by atoms with Crippen molar-refractivity contribution in [1.82, 2.24) is 5.32 Å². The maximum Gasteiger partial charge on any atom is 0.260 e. The largest absolute Gasteiger partial charge is 0.478 e. The van der Waals surface area contributed by atoms with Gasteiger partial charge in [0.1, 0.15) is 0 Å². The third-order valence-electron chi connectivity index (χ3n) is 2.46. The van der Waals surface area contributed by atoms with E-state index >= 15 is 0 Å². The zero-order valence-electron chi connectivity index (χ0n) is 11.0. The lowest BCUT2D eigenvalue weighted by atomic mass is 10.2. The first-order chi connectivity index (χ1) is 9.08. The highest BCUT2D eigenvalue weighted by Crippen LogP contribution is 2.19. The summed E-state index contributed by atoms with van der Waals surface area (Å²) in [5.41, 5.74) is 0.446. The number of methoxy groups -OCH3 is 1. The second-order valence-electron chi connectivity index (χ2n) is 3.97. The summed E-state index contributed by atoms with van der Waals surface area (Å²) in [6.07, 6.45) is -0.814. The van der Waals surface area contributed by atoms with Crippen LogP contribution in [0.25, 0.3) is 0 Å². The van der Waals surface area contributed by atoms with Gasteiger partial charge in [0, 0.05) is 13.7 Å². The Labute approximate surface area is 111 Å². The van der Waals surface area contributed by atoms with Gasteiger partial charge < -0.3 is 19.9 Å². The first kappa shape index (κ1) is 15.4. The van der Waals surface area contributed by atoms with Crippen LogP contribution < -0.4 is 10.1 Å². The lowest BCUT2D eigenvalue weighted by Crippen LogP contribution is -2.38. The zero-order valence-corrected chi connectivity index (χ0v) is 11.0. The minimum absolute atomic E-state index is 0.0217. The lowest BCUT2D eigenvalue weighted by Gasteiger charge is -2.15. The number of amides is 1. The molecular formula is C13H18FNO4. The van der Waals surface area contributed by atoms with Gasteiger partial charge in [-0.2, -0.15) is 0 Å². The quantitative estimate of drug-likeness (QED) is 0.721. The smallest absolute Gasteiger partial charge is 0.260 e. The number of halogens is 1. The molecule has 1 aromatic rings. The number of nitrogens with one attached hydrogen (secondary N) is 1. The maximum atomic E-state index is 13.6. The summed E-state index contributed by atoms with van der Waals surface area (Å²) in [5.74, 6) is -0.975. The van der Waals surface area contributed by atoms with Gasteiger partial charge in [-0.1, -0.05) is 6.07 Å². The Kier molecular flexibility index (Phi) is 6.24. The average molecular weight is 271 g/mol. The van der Waals surface area contributed by atoms with Crippen molar-refractivity contribution < 1.29 is 23.8 Å². The minimum Gasteiger partial charge on any atom is -0.478 e. The SMILES string of the molecule is COCCNC(=O)C(C)Oc1ccc(CO)cc1F. The number of hydrogen-bond donors (Lipinski definition) is 2. The van der Waals surface area contributed by atoms with E-state index in [-0.39, 0.29) is 18.3 Å². The van der Waals surface area contributed by atoms with E-state index in [1.807, 2.05) is 0 Å². The van der Waals surface area contributed by atoms with E-state index in [1.165, 1.54) is 32.2 Å². The maximum absolute atomic E-state index is 13.6. The number of aliphatic hydroxyl groups is 1. The minimum atomic E-state index is -0.814. The molecule has 0 fully saturated rings. The van der Waals surface area contributed by atoms with Crippen LogP contribution in [0.3, 0.4) is 0 Å². The summed E-state index contributed by atoms with van der Waals surface area (Å²) in [6.45, 7) is 2.05. The molecule has 1 aromatic carbocycles. The number of ether oxygens (including phenoxy) is 2. The fourth-order valence-corrected chi connectivity index (χ4v) is 1.40. The Bertz CT molecular complexity index is 425. The summed E-state index contributed by atoms with van der Waals surface area (Å²) in [5, 5.41) is 11.5. The highest BCUT2D eigenvalue weighted by Gasteiger charge is 2.16. The van der Waals surface area contributed by atoms with Crippen LogP contribution in [-0.4, -0.2) is 37.4 Å². The normalized spacial score (nSPS) is 12.0. The molecule has 1 amide bonds. The molecule has 0 saturated carbocycles. The van der Waals surface area contributed by atoms with E-state index in [0.29, 0.717) is 18.7 Å². The number of aliphatic hydroxyl groups excluding tert-OH is 1. The van der Waals surface area contributed by atoms with E-state index in [0.717, 1.165) is 0 Å². The molecule has 1 atom stereocenters. The Morgan fingerprint density at radius 2 is 2.26 bits per heavy atom. The molecule has 0 saturated heterocycles. The average Bonchev–Trinajstić information content (AvgIpc) is 2.41. The molecule has 6 heteroatoms. The predicted octanol–water partition coefficient (Wildman–Crippen LogP) is 0.848. The van der Waals surface area contributed by atoms with Crippen molar-refractivity contribution in [2.24, 2.45) is 0 Å². The van der Waals surface area contributed by atoms with Gasteiger partial charge in [-0.15, -0.1) is 0 Å². The van der Waals surface area contributed by atoms with Crippen molar-refractivity contribution in [3.63, 3.8) is 0 Å². The van der Waals surface area contributed by atoms with Gasteiger partial charge in [-0.05, 0) is 24.6 Å². The molecular weight excluding hydrogens is 253 g/mol. The van der Waals surface area contributed by atoms with Crippen molar-refractivity contribution in [1.29, 1.82) is 0 Å². The van der Waals surface area contributed by atoms with E-state index in [4.69, 9.17) is 14.6 Å². The predicted molar refractivity (Wildman–Crippen MR) is 67.3 cm³/mol. The molecule has 106 valence electrons. The summed E-state index contributed by atoms with van der Waals surface area (Å²) in [6, 6.07) is 4.10. The van der Waals surface area contributed by atoms with Crippen molar-refractivity contribution >= 4 is 5.91 Å². The molecule has 0 aromatic heterocycles. The lowest BCUT2D eigenvalue weighted by molar-refractivity contribution is -0.127. The van der Waals surface area contributed by atoms with Crippen LogP contribution in [0.15, 0.2) is 18.2 Å². The summed E-state index contributed by atoms with van der Waals surface area (Å²) in [4.78, 5) is 11.6. The van der Waals surface area contributed by atoms with Crippen molar-refractivity contribution in [3.8, 4) is 5.75 Å².